The highest BCUT2D eigenvalue weighted by Gasteiger charge is 2.39. The van der Waals surface area contributed by atoms with Crippen molar-refractivity contribution in [2.24, 2.45) is 0 Å². The van der Waals surface area contributed by atoms with E-state index >= 15 is 0 Å². The predicted molar refractivity (Wildman–Crippen MR) is 114 cm³/mol. The average molecular weight is 421 g/mol. The molecule has 0 fully saturated rings. The van der Waals surface area contributed by atoms with E-state index in [4.69, 9.17) is 0 Å². The molecule has 1 amide bonds. The van der Waals surface area contributed by atoms with Crippen molar-refractivity contribution < 1.29 is 17.6 Å². The highest BCUT2D eigenvalue weighted by molar-refractivity contribution is 7.89. The number of benzene rings is 3. The average Bonchev–Trinajstić information content (AvgIpc) is 2.75. The second-order valence-electron chi connectivity index (χ2n) is 7.20. The first kappa shape index (κ1) is 20.0. The number of amides is 1. The van der Waals surface area contributed by atoms with Gasteiger partial charge in [0.2, 0.25) is 5.91 Å². The molecule has 4 nitrogen and oxygen atoms in total. The molecule has 1 atom stereocenters. The van der Waals surface area contributed by atoms with Crippen molar-refractivity contribution in [2.45, 2.75) is 17.7 Å². The minimum atomic E-state index is -4.00. The standard InChI is InChI=1S/C24H20FNO3S/c1-17-7-13-21(14-8-17)30(28,29)26-16-15-22(18-9-11-20(25)12-10-18)23(24(26)27)19-5-3-2-4-6-19/h2-15,23H,16H2,1H3/t23-/m1/s1. The summed E-state index contributed by atoms with van der Waals surface area (Å²) >= 11 is 0. The van der Waals surface area contributed by atoms with Crippen molar-refractivity contribution in [3.8, 4) is 0 Å². The molecule has 0 bridgehead atoms. The summed E-state index contributed by atoms with van der Waals surface area (Å²) in [6, 6.07) is 21.3. The molecule has 0 N–H and O–H groups in total. The molecule has 3 aromatic carbocycles. The van der Waals surface area contributed by atoms with Crippen LogP contribution in [0.4, 0.5) is 4.39 Å². The Morgan fingerprint density at radius 1 is 0.900 bits per heavy atom. The monoisotopic (exact) mass is 421 g/mol. The summed E-state index contributed by atoms with van der Waals surface area (Å²) in [6.45, 7) is 1.79. The molecule has 0 aromatic heterocycles. The van der Waals surface area contributed by atoms with E-state index in [0.29, 0.717) is 16.7 Å². The zero-order valence-corrected chi connectivity index (χ0v) is 17.1. The molecule has 30 heavy (non-hydrogen) atoms. The van der Waals surface area contributed by atoms with Gasteiger partial charge in [0.15, 0.2) is 0 Å². The molecule has 6 heteroatoms. The van der Waals surface area contributed by atoms with E-state index in [1.54, 1.807) is 54.6 Å². The molecule has 4 rings (SSSR count). The molecule has 0 spiro atoms. The van der Waals surface area contributed by atoms with Crippen molar-refractivity contribution in [1.29, 1.82) is 0 Å². The van der Waals surface area contributed by atoms with E-state index in [-0.39, 0.29) is 17.3 Å². The Morgan fingerprint density at radius 2 is 1.53 bits per heavy atom. The van der Waals surface area contributed by atoms with Gasteiger partial charge in [-0.2, -0.15) is 0 Å². The number of carbonyl (C=O) groups excluding carboxylic acids is 1. The number of rotatable bonds is 4. The van der Waals surface area contributed by atoms with Crippen LogP contribution in [0.3, 0.4) is 0 Å². The Balaban J connectivity index is 1.81. The number of nitrogens with zero attached hydrogens (tertiary/aromatic N) is 1. The van der Waals surface area contributed by atoms with Crippen LogP contribution >= 0.6 is 0 Å². The normalized spacial score (nSPS) is 17.0. The lowest BCUT2D eigenvalue weighted by atomic mass is 9.84. The van der Waals surface area contributed by atoms with Gasteiger partial charge in [-0.1, -0.05) is 66.2 Å². The number of halogens is 1. The molecule has 0 aliphatic carbocycles. The van der Waals surface area contributed by atoms with Gasteiger partial charge in [-0.15, -0.1) is 0 Å². The zero-order chi connectivity index (χ0) is 21.3. The number of hydrogen-bond donors (Lipinski definition) is 0. The lowest BCUT2D eigenvalue weighted by molar-refractivity contribution is -0.126. The van der Waals surface area contributed by atoms with E-state index in [0.717, 1.165) is 9.87 Å². The van der Waals surface area contributed by atoms with E-state index in [2.05, 4.69) is 0 Å². The van der Waals surface area contributed by atoms with Crippen LogP contribution in [0.5, 0.6) is 0 Å². The molecule has 1 heterocycles. The molecule has 0 saturated heterocycles. The molecular weight excluding hydrogens is 401 g/mol. The largest absolute Gasteiger partial charge is 0.273 e. The smallest absolute Gasteiger partial charge is 0.266 e. The van der Waals surface area contributed by atoms with E-state index in [1.165, 1.54) is 24.3 Å². The Hall–Kier alpha value is -3.25. The predicted octanol–water partition coefficient (Wildman–Crippen LogP) is 4.53. The first-order chi connectivity index (χ1) is 14.4. The Labute approximate surface area is 175 Å². The maximum Gasteiger partial charge on any atom is 0.266 e. The third-order valence-electron chi connectivity index (χ3n) is 5.20. The van der Waals surface area contributed by atoms with Gasteiger partial charge in [0, 0.05) is 0 Å². The van der Waals surface area contributed by atoms with Crippen molar-refractivity contribution in [3.05, 3.63) is 107 Å². The van der Waals surface area contributed by atoms with Crippen molar-refractivity contribution in [2.75, 3.05) is 6.54 Å². The van der Waals surface area contributed by atoms with Gasteiger partial charge < -0.3 is 0 Å². The van der Waals surface area contributed by atoms with E-state index in [9.17, 15) is 17.6 Å². The quantitative estimate of drug-likeness (QED) is 0.622. The Bertz CT molecular complexity index is 1200. The second-order valence-corrected chi connectivity index (χ2v) is 9.06. The molecule has 1 aliphatic rings. The lowest BCUT2D eigenvalue weighted by Crippen LogP contribution is -2.43. The minimum Gasteiger partial charge on any atom is -0.273 e. The summed E-state index contributed by atoms with van der Waals surface area (Å²) in [4.78, 5) is 13.6. The minimum absolute atomic E-state index is 0.0758. The fourth-order valence-corrected chi connectivity index (χ4v) is 4.96. The van der Waals surface area contributed by atoms with Crippen molar-refractivity contribution >= 4 is 21.5 Å². The van der Waals surface area contributed by atoms with E-state index in [1.807, 2.05) is 13.0 Å². The molecule has 0 saturated carbocycles. The van der Waals surface area contributed by atoms with Crippen LogP contribution in [0.25, 0.3) is 5.57 Å². The fourth-order valence-electron chi connectivity index (χ4n) is 3.61. The summed E-state index contributed by atoms with van der Waals surface area (Å²) in [7, 11) is -4.00. The summed E-state index contributed by atoms with van der Waals surface area (Å²) in [5.74, 6) is -1.70. The van der Waals surface area contributed by atoms with Crippen LogP contribution in [-0.4, -0.2) is 25.2 Å². The van der Waals surface area contributed by atoms with Crippen LogP contribution < -0.4 is 0 Å². The topological polar surface area (TPSA) is 54.5 Å². The van der Waals surface area contributed by atoms with E-state index < -0.39 is 21.8 Å². The first-order valence-electron chi connectivity index (χ1n) is 9.52. The van der Waals surface area contributed by atoms with Crippen LogP contribution in [0.1, 0.15) is 22.6 Å². The van der Waals surface area contributed by atoms with Crippen LogP contribution in [-0.2, 0) is 14.8 Å². The van der Waals surface area contributed by atoms with Crippen molar-refractivity contribution in [1.82, 2.24) is 4.31 Å². The zero-order valence-electron chi connectivity index (χ0n) is 16.3. The highest BCUT2D eigenvalue weighted by Crippen LogP contribution is 2.38. The van der Waals surface area contributed by atoms with Crippen LogP contribution in [0.2, 0.25) is 0 Å². The van der Waals surface area contributed by atoms with Gasteiger partial charge in [0.25, 0.3) is 10.0 Å². The van der Waals surface area contributed by atoms with Gasteiger partial charge >= 0.3 is 0 Å². The second kappa shape index (κ2) is 7.88. The number of hydrogen-bond acceptors (Lipinski definition) is 3. The van der Waals surface area contributed by atoms with Crippen LogP contribution in [0.15, 0.2) is 89.8 Å². The third-order valence-corrected chi connectivity index (χ3v) is 6.98. The Morgan fingerprint density at radius 3 is 2.17 bits per heavy atom. The first-order valence-corrected chi connectivity index (χ1v) is 11.0. The number of sulfonamides is 1. The maximum atomic E-state index is 13.5. The summed E-state index contributed by atoms with van der Waals surface area (Å²) in [5.41, 5.74) is 2.97. The maximum absolute atomic E-state index is 13.5. The van der Waals surface area contributed by atoms with Gasteiger partial charge in [-0.25, -0.2) is 17.1 Å². The van der Waals surface area contributed by atoms with Gasteiger partial charge in [-0.3, -0.25) is 4.79 Å². The summed E-state index contributed by atoms with van der Waals surface area (Å²) in [5, 5.41) is 0. The lowest BCUT2D eigenvalue weighted by Gasteiger charge is -2.32. The molecular formula is C24H20FNO3S. The van der Waals surface area contributed by atoms with Gasteiger partial charge in [-0.05, 0) is 47.9 Å². The van der Waals surface area contributed by atoms with Crippen LogP contribution in [0, 0.1) is 12.7 Å². The van der Waals surface area contributed by atoms with Gasteiger partial charge in [0.05, 0.1) is 17.4 Å². The molecule has 0 unspecified atom stereocenters. The fraction of sp³-hybridized carbons (Fsp3) is 0.125. The summed E-state index contributed by atoms with van der Waals surface area (Å²) < 4.78 is 40.7. The Kier molecular flexibility index (Phi) is 5.26. The third kappa shape index (κ3) is 3.66. The molecule has 3 aromatic rings. The van der Waals surface area contributed by atoms with Crippen molar-refractivity contribution in [3.63, 3.8) is 0 Å². The number of carbonyl (C=O) groups is 1. The van der Waals surface area contributed by atoms with Gasteiger partial charge in [0.1, 0.15) is 5.82 Å². The molecule has 152 valence electrons. The molecule has 1 aliphatic heterocycles. The summed E-state index contributed by atoms with van der Waals surface area (Å²) in [6.07, 6.45) is 1.73. The number of aryl methyl sites for hydroxylation is 1. The highest BCUT2D eigenvalue weighted by atomic mass is 32.2. The SMILES string of the molecule is Cc1ccc(S(=O)(=O)N2CC=C(c3ccc(F)cc3)[C@@H](c3ccccc3)C2=O)cc1. The molecule has 0 radical (unpaired) electrons.